The van der Waals surface area contributed by atoms with E-state index in [2.05, 4.69) is 4.98 Å². The Labute approximate surface area is 132 Å². The molecule has 0 aliphatic heterocycles. The number of carbonyl (C=O) groups is 1. The number of aromatic nitrogens is 2. The molecule has 3 rings (SSSR count). The minimum Gasteiger partial charge on any atom is -0.497 e. The summed E-state index contributed by atoms with van der Waals surface area (Å²) >= 11 is 1.34. The van der Waals surface area contributed by atoms with Crippen molar-refractivity contribution >= 4 is 22.3 Å². The number of rotatable bonds is 4. The highest BCUT2D eigenvalue weighted by atomic mass is 32.1. The number of hydrogen-bond acceptors (Lipinski definition) is 5. The summed E-state index contributed by atoms with van der Waals surface area (Å²) < 4.78 is 12.2. The molecule has 0 saturated carbocycles. The molecule has 0 bridgehead atoms. The maximum Gasteiger partial charge on any atom is 0.350 e. The lowest BCUT2D eigenvalue weighted by Gasteiger charge is -2.01. The van der Waals surface area contributed by atoms with Crippen molar-refractivity contribution in [3.63, 3.8) is 0 Å². The average molecular weight is 316 g/mol. The Bertz CT molecular complexity index is 835. The molecule has 0 aliphatic rings. The second-order valence-electron chi connectivity index (χ2n) is 4.75. The summed E-state index contributed by atoms with van der Waals surface area (Å²) in [6.45, 7) is 4.06. The predicted octanol–water partition coefficient (Wildman–Crippen LogP) is 3.56. The smallest absolute Gasteiger partial charge is 0.350 e. The van der Waals surface area contributed by atoms with Crippen LogP contribution in [0.1, 0.15) is 22.3 Å². The molecule has 0 spiro atoms. The number of imidazole rings is 1. The van der Waals surface area contributed by atoms with E-state index in [1.165, 1.54) is 11.3 Å². The normalized spacial score (nSPS) is 10.9. The molecule has 3 aromatic rings. The van der Waals surface area contributed by atoms with Crippen molar-refractivity contribution in [2.75, 3.05) is 13.7 Å². The summed E-state index contributed by atoms with van der Waals surface area (Å²) in [4.78, 5) is 17.9. The first kappa shape index (κ1) is 14.6. The number of thiazole rings is 1. The van der Waals surface area contributed by atoms with Crippen molar-refractivity contribution in [2.24, 2.45) is 0 Å². The van der Waals surface area contributed by atoms with Crippen LogP contribution >= 0.6 is 11.3 Å². The number of aryl methyl sites for hydroxylation is 1. The largest absolute Gasteiger partial charge is 0.497 e. The quantitative estimate of drug-likeness (QED) is 0.691. The lowest BCUT2D eigenvalue weighted by atomic mass is 10.1. The summed E-state index contributed by atoms with van der Waals surface area (Å²) in [5.74, 6) is 0.496. The van der Waals surface area contributed by atoms with Crippen molar-refractivity contribution in [3.8, 4) is 17.0 Å². The van der Waals surface area contributed by atoms with Gasteiger partial charge in [0.05, 0.1) is 19.4 Å². The van der Waals surface area contributed by atoms with Crippen LogP contribution in [0.2, 0.25) is 0 Å². The first-order valence-corrected chi connectivity index (χ1v) is 7.75. The van der Waals surface area contributed by atoms with Gasteiger partial charge in [0.1, 0.15) is 10.6 Å². The summed E-state index contributed by atoms with van der Waals surface area (Å²) in [6, 6.07) is 7.75. The molecule has 0 radical (unpaired) electrons. The number of ether oxygens (including phenoxy) is 2. The molecule has 0 aliphatic carbocycles. The number of nitrogens with zero attached hydrogens (tertiary/aromatic N) is 2. The van der Waals surface area contributed by atoms with Gasteiger partial charge >= 0.3 is 5.97 Å². The van der Waals surface area contributed by atoms with Crippen LogP contribution in [0.15, 0.2) is 30.5 Å². The van der Waals surface area contributed by atoms with E-state index in [0.717, 1.165) is 27.7 Å². The molecular formula is C16H16N2O3S. The lowest BCUT2D eigenvalue weighted by molar-refractivity contribution is 0.0531. The van der Waals surface area contributed by atoms with Gasteiger partial charge in [-0.15, -0.1) is 0 Å². The fourth-order valence-corrected chi connectivity index (χ4v) is 3.26. The molecule has 0 amide bonds. The maximum atomic E-state index is 11.9. The number of benzene rings is 1. The lowest BCUT2D eigenvalue weighted by Crippen LogP contribution is -2.04. The molecular weight excluding hydrogens is 300 g/mol. The zero-order valence-electron chi connectivity index (χ0n) is 12.6. The van der Waals surface area contributed by atoms with Crippen LogP contribution in [0, 0.1) is 6.92 Å². The summed E-state index contributed by atoms with van der Waals surface area (Å²) in [5.41, 5.74) is 2.68. The number of fused-ring (bicyclic) bond motifs is 1. The molecule has 1 aromatic carbocycles. The Morgan fingerprint density at radius 1 is 1.41 bits per heavy atom. The number of hydrogen-bond donors (Lipinski definition) is 0. The highest BCUT2D eigenvalue weighted by molar-refractivity contribution is 7.19. The third-order valence-corrected chi connectivity index (χ3v) is 4.52. The molecule has 0 unspecified atom stereocenters. The third-order valence-electron chi connectivity index (χ3n) is 3.38. The van der Waals surface area contributed by atoms with E-state index >= 15 is 0 Å². The Hall–Kier alpha value is -2.34. The topological polar surface area (TPSA) is 52.8 Å². The van der Waals surface area contributed by atoms with Crippen LogP contribution in [-0.2, 0) is 4.74 Å². The summed E-state index contributed by atoms with van der Waals surface area (Å²) in [5, 5.41) is 0. The van der Waals surface area contributed by atoms with Gasteiger partial charge in [-0.1, -0.05) is 23.5 Å². The third kappa shape index (κ3) is 2.46. The van der Waals surface area contributed by atoms with Gasteiger partial charge in [-0.2, -0.15) is 0 Å². The number of methoxy groups -OCH3 is 1. The summed E-state index contributed by atoms with van der Waals surface area (Å²) in [6.07, 6.45) is 1.93. The minimum absolute atomic E-state index is 0.293. The van der Waals surface area contributed by atoms with E-state index in [4.69, 9.17) is 9.47 Å². The average Bonchev–Trinajstić information content (AvgIpc) is 3.07. The molecule has 6 heteroatoms. The van der Waals surface area contributed by atoms with Crippen molar-refractivity contribution in [3.05, 3.63) is 41.0 Å². The fraction of sp³-hybridized carbons (Fsp3) is 0.250. The van der Waals surface area contributed by atoms with Crippen LogP contribution in [0.25, 0.3) is 16.2 Å². The van der Waals surface area contributed by atoms with Gasteiger partial charge in [0, 0.05) is 17.5 Å². The first-order chi connectivity index (χ1) is 10.6. The van der Waals surface area contributed by atoms with Gasteiger partial charge in [-0.25, -0.2) is 9.78 Å². The molecule has 0 saturated heterocycles. The van der Waals surface area contributed by atoms with Crippen LogP contribution in [0.5, 0.6) is 5.75 Å². The zero-order valence-corrected chi connectivity index (χ0v) is 13.4. The summed E-state index contributed by atoms with van der Waals surface area (Å²) in [7, 11) is 1.64. The van der Waals surface area contributed by atoms with E-state index in [9.17, 15) is 4.79 Å². The molecule has 0 atom stereocenters. The van der Waals surface area contributed by atoms with Gasteiger partial charge < -0.3 is 9.47 Å². The van der Waals surface area contributed by atoms with E-state index in [1.54, 1.807) is 14.0 Å². The SMILES string of the molecule is CCOC(=O)c1sc2nc(-c3cccc(OC)c3)cn2c1C. The van der Waals surface area contributed by atoms with E-state index in [-0.39, 0.29) is 5.97 Å². The predicted molar refractivity (Wildman–Crippen MR) is 85.8 cm³/mol. The zero-order chi connectivity index (χ0) is 15.7. The number of carbonyl (C=O) groups excluding carboxylic acids is 1. The van der Waals surface area contributed by atoms with Crippen LogP contribution < -0.4 is 4.74 Å². The molecule has 2 heterocycles. The Balaban J connectivity index is 2.02. The van der Waals surface area contributed by atoms with Gasteiger partial charge in [-0.3, -0.25) is 4.40 Å². The first-order valence-electron chi connectivity index (χ1n) is 6.94. The van der Waals surface area contributed by atoms with Gasteiger partial charge in [0.2, 0.25) is 0 Å². The van der Waals surface area contributed by atoms with E-state index < -0.39 is 0 Å². The van der Waals surface area contributed by atoms with E-state index in [0.29, 0.717) is 11.5 Å². The second kappa shape index (κ2) is 5.81. The molecule has 114 valence electrons. The van der Waals surface area contributed by atoms with E-state index in [1.807, 2.05) is 41.8 Å². The van der Waals surface area contributed by atoms with Crippen LogP contribution in [0.4, 0.5) is 0 Å². The highest BCUT2D eigenvalue weighted by Gasteiger charge is 2.18. The molecule has 0 N–H and O–H groups in total. The minimum atomic E-state index is -0.293. The molecule has 22 heavy (non-hydrogen) atoms. The van der Waals surface area contributed by atoms with Gasteiger partial charge in [0.25, 0.3) is 0 Å². The van der Waals surface area contributed by atoms with Gasteiger partial charge in [-0.05, 0) is 26.0 Å². The van der Waals surface area contributed by atoms with Crippen molar-refractivity contribution in [2.45, 2.75) is 13.8 Å². The van der Waals surface area contributed by atoms with Crippen LogP contribution in [-0.4, -0.2) is 29.1 Å². The standard InChI is InChI=1S/C16H16N2O3S/c1-4-21-15(19)14-10(2)18-9-13(17-16(18)22-14)11-6-5-7-12(8-11)20-3/h5-9H,4H2,1-3H3. The fourth-order valence-electron chi connectivity index (χ4n) is 2.26. The number of esters is 1. The molecule has 5 nitrogen and oxygen atoms in total. The van der Waals surface area contributed by atoms with Crippen molar-refractivity contribution in [1.29, 1.82) is 0 Å². The van der Waals surface area contributed by atoms with Crippen molar-refractivity contribution in [1.82, 2.24) is 9.38 Å². The molecule has 0 fully saturated rings. The molecule has 2 aromatic heterocycles. The Morgan fingerprint density at radius 3 is 2.91 bits per heavy atom. The van der Waals surface area contributed by atoms with Gasteiger partial charge in [0.15, 0.2) is 4.96 Å². The van der Waals surface area contributed by atoms with Crippen LogP contribution in [0.3, 0.4) is 0 Å². The second-order valence-corrected chi connectivity index (χ2v) is 5.73. The monoisotopic (exact) mass is 316 g/mol. The highest BCUT2D eigenvalue weighted by Crippen LogP contribution is 2.29. The Kier molecular flexibility index (Phi) is 3.85. The maximum absolute atomic E-state index is 11.9. The van der Waals surface area contributed by atoms with Crippen molar-refractivity contribution < 1.29 is 14.3 Å². The Morgan fingerprint density at radius 2 is 2.23 bits per heavy atom.